The van der Waals surface area contributed by atoms with E-state index in [0.29, 0.717) is 33.6 Å². The molecule has 0 aliphatic carbocycles. The second-order valence-electron chi connectivity index (χ2n) is 16.6. The summed E-state index contributed by atoms with van der Waals surface area (Å²) >= 11 is 0. The number of para-hydroxylation sites is 2. The Bertz CT molecular complexity index is 3420. The van der Waals surface area contributed by atoms with Gasteiger partial charge in [0.25, 0.3) is 0 Å². The van der Waals surface area contributed by atoms with E-state index in [1.165, 1.54) is 0 Å². The standard InChI is InChI=1S/C54H46N3O.Pt/c1-53(2,3)41-32-39(31-40(33-41)47-34-38(29-30-55-47)35-17-9-7-10-18-35)42-23-16-26-48-49(42)56-52(45-24-15-25-46(51(45)58)54(4,5)6)57(48)50-43-22-14-13-21-37(43)27-28-44(50)36-19-11-8-12-20-36;/h7-30,32-34,58H,1-6H3;/q-1;/i7D,9D,10D,17D,18D,29D,30D,34D;. The molecule has 59 heavy (non-hydrogen) atoms. The predicted molar refractivity (Wildman–Crippen MR) is 241 cm³/mol. The van der Waals surface area contributed by atoms with Gasteiger partial charge in [-0.1, -0.05) is 180 Å². The fourth-order valence-electron chi connectivity index (χ4n) is 7.62. The zero-order valence-corrected chi connectivity index (χ0v) is 35.8. The Hall–Kier alpha value is -6.09. The average molecular weight is 956 g/mol. The number of phenolic OH excluding ortho intramolecular Hbond substituents is 1. The van der Waals surface area contributed by atoms with Crippen molar-refractivity contribution in [3.05, 3.63) is 181 Å². The van der Waals surface area contributed by atoms with Crippen LogP contribution in [0.3, 0.4) is 0 Å². The first-order chi connectivity index (χ1) is 31.3. The van der Waals surface area contributed by atoms with Crippen molar-refractivity contribution in [2.24, 2.45) is 0 Å². The van der Waals surface area contributed by atoms with E-state index in [-0.39, 0.29) is 55.1 Å². The van der Waals surface area contributed by atoms with Gasteiger partial charge in [-0.2, -0.15) is 0 Å². The van der Waals surface area contributed by atoms with Crippen LogP contribution in [0.5, 0.6) is 5.75 Å². The van der Waals surface area contributed by atoms with Gasteiger partial charge in [0.15, 0.2) is 0 Å². The SMILES string of the molecule is [2H]c1nc(-c2[c-]c(-c3cccc4c3nc(-c3cccc(C(C)(C)C)c3O)n4-c3c(-c4ccccc4)ccc4ccccc34)cc(C(C)(C)C)c2)c([2H])c(-c2c([2H])c([2H])c([2H])c([2H])c2[2H])c1[2H].[Pt]. The van der Waals surface area contributed by atoms with Gasteiger partial charge in [0.05, 0.1) is 33.3 Å². The second kappa shape index (κ2) is 15.6. The summed E-state index contributed by atoms with van der Waals surface area (Å²) in [5.41, 5.74) is 6.45. The number of nitrogens with zero attached hydrogens (tertiary/aromatic N) is 3. The molecule has 0 unspecified atom stereocenters. The summed E-state index contributed by atoms with van der Waals surface area (Å²) in [6.07, 6.45) is -0.522. The van der Waals surface area contributed by atoms with Gasteiger partial charge in [-0.05, 0) is 56.6 Å². The number of aromatic hydroxyl groups is 1. The van der Waals surface area contributed by atoms with Crippen LogP contribution in [0.15, 0.2) is 164 Å². The Morgan fingerprint density at radius 1 is 0.644 bits per heavy atom. The molecular formula is C54H46N3OPt-. The molecule has 5 heteroatoms. The van der Waals surface area contributed by atoms with Crippen LogP contribution in [0.25, 0.3) is 83.5 Å². The molecule has 0 fully saturated rings. The Morgan fingerprint density at radius 3 is 2.12 bits per heavy atom. The van der Waals surface area contributed by atoms with Crippen LogP contribution in [-0.2, 0) is 31.9 Å². The number of rotatable bonds is 6. The Morgan fingerprint density at radius 2 is 1.36 bits per heavy atom. The molecule has 2 heterocycles. The summed E-state index contributed by atoms with van der Waals surface area (Å²) in [5.74, 6) is 0.645. The molecule has 0 saturated heterocycles. The van der Waals surface area contributed by atoms with Gasteiger partial charge in [0.2, 0.25) is 0 Å². The normalized spacial score (nSPS) is 13.7. The number of hydrogen-bond acceptors (Lipinski definition) is 3. The van der Waals surface area contributed by atoms with E-state index in [0.717, 1.165) is 44.2 Å². The van der Waals surface area contributed by atoms with Crippen molar-refractivity contribution < 1.29 is 37.1 Å². The largest absolute Gasteiger partial charge is 0.507 e. The fourth-order valence-corrected chi connectivity index (χ4v) is 7.62. The molecule has 1 N–H and O–H groups in total. The summed E-state index contributed by atoms with van der Waals surface area (Å²) < 4.78 is 71.5. The minimum Gasteiger partial charge on any atom is -0.507 e. The Balaban J connectivity index is 0.00000608. The minimum absolute atomic E-state index is 0. The van der Waals surface area contributed by atoms with Gasteiger partial charge in [-0.15, -0.1) is 29.3 Å². The molecule has 2 aromatic heterocycles. The molecular weight excluding hydrogens is 902 g/mol. The Kier molecular flexibility index (Phi) is 8.17. The fraction of sp³-hybridized carbons (Fsp3) is 0.148. The summed E-state index contributed by atoms with van der Waals surface area (Å²) in [7, 11) is 0. The number of hydrogen-bond donors (Lipinski definition) is 1. The van der Waals surface area contributed by atoms with Gasteiger partial charge < -0.3 is 5.11 Å². The zero-order chi connectivity index (χ0) is 47.1. The van der Waals surface area contributed by atoms with Crippen LogP contribution in [0, 0.1) is 6.07 Å². The van der Waals surface area contributed by atoms with E-state index in [1.54, 1.807) is 0 Å². The van der Waals surface area contributed by atoms with Gasteiger partial charge in [0.1, 0.15) is 11.6 Å². The van der Waals surface area contributed by atoms with Crippen molar-refractivity contribution in [1.29, 1.82) is 0 Å². The van der Waals surface area contributed by atoms with Crippen LogP contribution in [0.1, 0.15) is 63.6 Å². The molecule has 0 saturated carbocycles. The molecule has 7 aromatic carbocycles. The quantitative estimate of drug-likeness (QED) is 0.169. The first kappa shape index (κ1) is 30.9. The molecule has 9 aromatic rings. The maximum Gasteiger partial charge on any atom is 0.148 e. The van der Waals surface area contributed by atoms with Gasteiger partial charge >= 0.3 is 0 Å². The van der Waals surface area contributed by atoms with Gasteiger partial charge in [-0.3, -0.25) is 9.55 Å². The summed E-state index contributed by atoms with van der Waals surface area (Å²) in [5, 5.41) is 14.2. The average Bonchev–Trinajstić information content (AvgIpc) is 3.68. The topological polar surface area (TPSA) is 50.9 Å². The minimum atomic E-state index is -0.608. The number of benzene rings is 7. The van der Waals surface area contributed by atoms with Crippen molar-refractivity contribution >= 4 is 21.8 Å². The van der Waals surface area contributed by atoms with Crippen molar-refractivity contribution in [2.45, 2.75) is 52.4 Å². The molecule has 0 bridgehead atoms. The molecule has 0 spiro atoms. The third-order valence-corrected chi connectivity index (χ3v) is 10.6. The van der Waals surface area contributed by atoms with Crippen molar-refractivity contribution in [1.82, 2.24) is 14.5 Å². The maximum atomic E-state index is 12.2. The number of imidazole rings is 1. The van der Waals surface area contributed by atoms with Crippen LogP contribution in [0.4, 0.5) is 0 Å². The zero-order valence-electron chi connectivity index (χ0n) is 41.6. The molecule has 4 nitrogen and oxygen atoms in total. The third kappa shape index (κ3) is 7.43. The van der Waals surface area contributed by atoms with Gasteiger partial charge in [-0.25, -0.2) is 4.98 Å². The first-order valence-corrected chi connectivity index (χ1v) is 19.3. The molecule has 294 valence electrons. The van der Waals surface area contributed by atoms with Crippen LogP contribution in [-0.4, -0.2) is 19.6 Å². The molecule has 0 amide bonds. The molecule has 0 aliphatic heterocycles. The van der Waals surface area contributed by atoms with E-state index < -0.39 is 47.8 Å². The Labute approximate surface area is 372 Å². The van der Waals surface area contributed by atoms with Crippen molar-refractivity contribution in [2.75, 3.05) is 0 Å². The number of fused-ring (bicyclic) bond motifs is 2. The van der Waals surface area contributed by atoms with E-state index in [9.17, 15) is 6.48 Å². The summed E-state index contributed by atoms with van der Waals surface area (Å²) in [6, 6.07) is 37.8. The third-order valence-electron chi connectivity index (χ3n) is 10.6. The maximum absolute atomic E-state index is 12.2. The summed E-state index contributed by atoms with van der Waals surface area (Å²) in [6.45, 7) is 12.3. The summed E-state index contributed by atoms with van der Waals surface area (Å²) in [4.78, 5) is 9.91. The van der Waals surface area contributed by atoms with E-state index in [4.69, 9.17) is 14.6 Å². The molecule has 0 radical (unpaired) electrons. The number of aromatic nitrogens is 3. The smallest absolute Gasteiger partial charge is 0.148 e. The van der Waals surface area contributed by atoms with E-state index in [1.807, 2.05) is 78.9 Å². The van der Waals surface area contributed by atoms with E-state index in [2.05, 4.69) is 93.6 Å². The second-order valence-corrected chi connectivity index (χ2v) is 16.6. The number of pyridine rings is 1. The molecule has 0 aliphatic rings. The van der Waals surface area contributed by atoms with Crippen LogP contribution in [0.2, 0.25) is 0 Å². The first-order valence-electron chi connectivity index (χ1n) is 23.3. The molecule has 0 atom stereocenters. The van der Waals surface area contributed by atoms with Crippen LogP contribution < -0.4 is 0 Å². The monoisotopic (exact) mass is 955 g/mol. The van der Waals surface area contributed by atoms with Crippen molar-refractivity contribution in [3.63, 3.8) is 0 Å². The van der Waals surface area contributed by atoms with E-state index >= 15 is 0 Å². The van der Waals surface area contributed by atoms with Crippen LogP contribution >= 0.6 is 0 Å². The van der Waals surface area contributed by atoms with Gasteiger partial charge in [0, 0.05) is 43.9 Å². The van der Waals surface area contributed by atoms with Crippen molar-refractivity contribution in [3.8, 4) is 67.5 Å². The molecule has 9 rings (SSSR count). The number of phenols is 1. The predicted octanol–water partition coefficient (Wildman–Crippen LogP) is 14.0.